The second-order valence-electron chi connectivity index (χ2n) is 8.07. The zero-order valence-electron chi connectivity index (χ0n) is 19.8. The number of amides is 2. The Kier molecular flexibility index (Phi) is 9.28. The highest BCUT2D eigenvalue weighted by Gasteiger charge is 2.31. The molecule has 0 aromatic heterocycles. The van der Waals surface area contributed by atoms with Crippen molar-refractivity contribution >= 4 is 27.5 Å². The van der Waals surface area contributed by atoms with Crippen LogP contribution in [0.15, 0.2) is 54.6 Å². The predicted octanol–water partition coefficient (Wildman–Crippen LogP) is 2.79. The van der Waals surface area contributed by atoms with Gasteiger partial charge in [0.05, 0.1) is 19.1 Å². The van der Waals surface area contributed by atoms with Gasteiger partial charge in [-0.1, -0.05) is 37.3 Å². The van der Waals surface area contributed by atoms with Crippen LogP contribution >= 0.6 is 0 Å². The second kappa shape index (κ2) is 11.7. The monoisotopic (exact) mass is 475 g/mol. The van der Waals surface area contributed by atoms with Gasteiger partial charge >= 0.3 is 0 Å². The van der Waals surface area contributed by atoms with Gasteiger partial charge in [0.25, 0.3) is 0 Å². The first kappa shape index (κ1) is 26.2. The van der Waals surface area contributed by atoms with E-state index in [1.165, 1.54) is 4.90 Å². The molecule has 1 atom stereocenters. The molecule has 8 nitrogen and oxygen atoms in total. The number of para-hydroxylation sites is 1. The van der Waals surface area contributed by atoms with Crippen LogP contribution in [0.5, 0.6) is 5.75 Å². The second-order valence-corrected chi connectivity index (χ2v) is 9.97. The molecular formula is C24H33N3O5S. The molecule has 0 aliphatic carbocycles. The molecule has 2 aromatic carbocycles. The summed E-state index contributed by atoms with van der Waals surface area (Å²) in [5.74, 6) is -0.131. The Bertz CT molecular complexity index is 1040. The summed E-state index contributed by atoms with van der Waals surface area (Å²) in [6.45, 7) is 5.23. The largest absolute Gasteiger partial charge is 0.497 e. The topological polar surface area (TPSA) is 96.0 Å². The maximum atomic E-state index is 13.5. The number of nitrogens with zero attached hydrogens (tertiary/aromatic N) is 2. The summed E-state index contributed by atoms with van der Waals surface area (Å²) >= 11 is 0. The van der Waals surface area contributed by atoms with Crippen molar-refractivity contribution in [3.05, 3.63) is 60.2 Å². The quantitative estimate of drug-likeness (QED) is 0.539. The molecule has 2 aromatic rings. The van der Waals surface area contributed by atoms with E-state index in [0.717, 1.165) is 16.1 Å². The smallest absolute Gasteiger partial charge is 0.244 e. The van der Waals surface area contributed by atoms with Crippen molar-refractivity contribution < 1.29 is 22.7 Å². The minimum absolute atomic E-state index is 0.0999. The number of rotatable bonds is 11. The number of carbonyl (C=O) groups excluding carboxylic acids is 2. The number of carbonyl (C=O) groups is 2. The van der Waals surface area contributed by atoms with Crippen molar-refractivity contribution in [2.75, 3.05) is 24.2 Å². The fourth-order valence-electron chi connectivity index (χ4n) is 3.48. The van der Waals surface area contributed by atoms with Crippen molar-refractivity contribution in [1.82, 2.24) is 10.2 Å². The van der Waals surface area contributed by atoms with E-state index >= 15 is 0 Å². The van der Waals surface area contributed by atoms with Crippen molar-refractivity contribution in [3.63, 3.8) is 0 Å². The molecule has 0 fully saturated rings. The molecular weight excluding hydrogens is 442 g/mol. The van der Waals surface area contributed by atoms with Gasteiger partial charge in [-0.15, -0.1) is 0 Å². The van der Waals surface area contributed by atoms with Crippen LogP contribution in [0, 0.1) is 0 Å². The maximum absolute atomic E-state index is 13.5. The number of benzene rings is 2. The van der Waals surface area contributed by atoms with Crippen molar-refractivity contribution in [1.29, 1.82) is 0 Å². The summed E-state index contributed by atoms with van der Waals surface area (Å²) in [4.78, 5) is 27.9. The fourth-order valence-corrected chi connectivity index (χ4v) is 4.33. The highest BCUT2D eigenvalue weighted by Crippen LogP contribution is 2.20. The van der Waals surface area contributed by atoms with Gasteiger partial charge in [-0.05, 0) is 50.1 Å². The lowest BCUT2D eigenvalue weighted by Crippen LogP contribution is -2.53. The van der Waals surface area contributed by atoms with Gasteiger partial charge in [0.1, 0.15) is 18.3 Å². The van der Waals surface area contributed by atoms with Crippen LogP contribution < -0.4 is 14.4 Å². The van der Waals surface area contributed by atoms with Gasteiger partial charge in [0, 0.05) is 12.6 Å². The zero-order valence-corrected chi connectivity index (χ0v) is 20.6. The number of ether oxygens (including phenoxy) is 1. The molecule has 0 saturated heterocycles. The van der Waals surface area contributed by atoms with Crippen LogP contribution in [0.3, 0.4) is 0 Å². The number of nitrogens with one attached hydrogen (secondary N) is 1. The number of methoxy groups -OCH3 is 1. The lowest BCUT2D eigenvalue weighted by molar-refractivity contribution is -0.140. The Hall–Kier alpha value is -3.07. The third-order valence-corrected chi connectivity index (χ3v) is 6.17. The number of hydrogen-bond acceptors (Lipinski definition) is 5. The van der Waals surface area contributed by atoms with Gasteiger partial charge in [-0.2, -0.15) is 0 Å². The summed E-state index contributed by atoms with van der Waals surface area (Å²) in [5, 5.41) is 2.86. The SMILES string of the molecule is CC[C@H](C(=O)NC(C)C)N(Cc1cccc(OC)c1)C(=O)CN(c1ccccc1)S(C)(=O)=O. The minimum Gasteiger partial charge on any atom is -0.497 e. The molecule has 2 amide bonds. The lowest BCUT2D eigenvalue weighted by Gasteiger charge is -2.33. The van der Waals surface area contributed by atoms with Crippen LogP contribution in [0.25, 0.3) is 0 Å². The Morgan fingerprint density at radius 2 is 1.73 bits per heavy atom. The van der Waals surface area contributed by atoms with E-state index < -0.39 is 28.5 Å². The van der Waals surface area contributed by atoms with Gasteiger partial charge in [0.15, 0.2) is 0 Å². The average Bonchev–Trinajstić information content (AvgIpc) is 2.76. The summed E-state index contributed by atoms with van der Waals surface area (Å²) < 4.78 is 31.4. The number of sulfonamides is 1. The van der Waals surface area contributed by atoms with Crippen LogP contribution in [-0.2, 0) is 26.2 Å². The third kappa shape index (κ3) is 7.49. The lowest BCUT2D eigenvalue weighted by atomic mass is 10.1. The van der Waals surface area contributed by atoms with Crippen molar-refractivity contribution in [3.8, 4) is 5.75 Å². The van der Waals surface area contributed by atoms with Crippen LogP contribution in [0.1, 0.15) is 32.8 Å². The Labute approximate surface area is 196 Å². The Morgan fingerprint density at radius 3 is 2.27 bits per heavy atom. The highest BCUT2D eigenvalue weighted by atomic mass is 32.2. The molecule has 1 N–H and O–H groups in total. The molecule has 0 aliphatic heterocycles. The predicted molar refractivity (Wildman–Crippen MR) is 130 cm³/mol. The van der Waals surface area contributed by atoms with E-state index in [9.17, 15) is 18.0 Å². The highest BCUT2D eigenvalue weighted by molar-refractivity contribution is 7.92. The van der Waals surface area contributed by atoms with Gasteiger partial charge in [0.2, 0.25) is 21.8 Å². The molecule has 0 radical (unpaired) electrons. The molecule has 33 heavy (non-hydrogen) atoms. The maximum Gasteiger partial charge on any atom is 0.244 e. The molecule has 0 aliphatic rings. The molecule has 0 unspecified atom stereocenters. The Balaban J connectivity index is 2.43. The van der Waals surface area contributed by atoms with E-state index in [4.69, 9.17) is 4.74 Å². The van der Waals surface area contributed by atoms with Crippen LogP contribution in [0.4, 0.5) is 5.69 Å². The molecule has 0 heterocycles. The van der Waals surface area contributed by atoms with E-state index in [1.807, 2.05) is 26.8 Å². The number of anilines is 1. The fraction of sp³-hybridized carbons (Fsp3) is 0.417. The van der Waals surface area contributed by atoms with Crippen molar-refractivity contribution in [2.45, 2.75) is 45.8 Å². The molecule has 0 spiro atoms. The standard InChI is InChI=1S/C24H33N3O5S/c1-6-22(24(29)25-18(2)3)26(16-19-11-10-14-21(15-19)32-4)23(28)17-27(33(5,30)31)20-12-8-7-9-13-20/h7-15,18,22H,6,16-17H2,1-5H3,(H,25,29)/t22-/m1/s1. The van der Waals surface area contributed by atoms with Gasteiger partial charge in [-0.25, -0.2) is 8.42 Å². The third-order valence-electron chi connectivity index (χ3n) is 5.03. The van der Waals surface area contributed by atoms with Gasteiger partial charge < -0.3 is 15.0 Å². The van der Waals surface area contributed by atoms with E-state index in [2.05, 4.69) is 5.32 Å². The normalized spacial score (nSPS) is 12.2. The summed E-state index contributed by atoms with van der Waals surface area (Å²) in [6, 6.07) is 14.8. The molecule has 2 rings (SSSR count). The summed E-state index contributed by atoms with van der Waals surface area (Å²) in [6.07, 6.45) is 1.43. The van der Waals surface area contributed by atoms with E-state index in [-0.39, 0.29) is 18.5 Å². The van der Waals surface area contributed by atoms with E-state index in [0.29, 0.717) is 17.9 Å². The van der Waals surface area contributed by atoms with E-state index in [1.54, 1.807) is 55.6 Å². The number of hydrogen-bond donors (Lipinski definition) is 1. The van der Waals surface area contributed by atoms with Crippen LogP contribution in [0.2, 0.25) is 0 Å². The first-order chi connectivity index (χ1) is 15.6. The molecule has 180 valence electrons. The zero-order chi connectivity index (χ0) is 24.6. The first-order valence-electron chi connectivity index (χ1n) is 10.8. The minimum atomic E-state index is -3.74. The van der Waals surface area contributed by atoms with Crippen molar-refractivity contribution in [2.24, 2.45) is 0 Å². The molecule has 0 bridgehead atoms. The van der Waals surface area contributed by atoms with Crippen LogP contribution in [-0.4, -0.2) is 57.1 Å². The molecule has 0 saturated carbocycles. The Morgan fingerprint density at radius 1 is 1.06 bits per heavy atom. The first-order valence-corrected chi connectivity index (χ1v) is 12.7. The van der Waals surface area contributed by atoms with Gasteiger partial charge in [-0.3, -0.25) is 13.9 Å². The molecule has 9 heteroatoms. The summed E-state index contributed by atoms with van der Waals surface area (Å²) in [5.41, 5.74) is 1.15. The summed E-state index contributed by atoms with van der Waals surface area (Å²) in [7, 11) is -2.18. The average molecular weight is 476 g/mol.